The summed E-state index contributed by atoms with van der Waals surface area (Å²) >= 11 is 11.0. The summed E-state index contributed by atoms with van der Waals surface area (Å²) in [6.07, 6.45) is 1.80. The zero-order chi connectivity index (χ0) is 22.0. The number of thiophene rings is 1. The van der Waals surface area contributed by atoms with Crippen molar-refractivity contribution < 1.29 is 9.53 Å². The van der Waals surface area contributed by atoms with Gasteiger partial charge in [0.15, 0.2) is 5.11 Å². The first-order valence-corrected chi connectivity index (χ1v) is 11.6. The Morgan fingerprint density at radius 3 is 2.81 bits per heavy atom. The average Bonchev–Trinajstić information content (AvgIpc) is 3.33. The largest absolute Gasteiger partial charge is 0.375 e. The monoisotopic (exact) mass is 516 g/mol. The Balaban J connectivity index is 1.71. The molecular formula is C22H21BrN4O2S2. The molecule has 0 unspecified atom stereocenters. The van der Waals surface area contributed by atoms with Gasteiger partial charge in [0, 0.05) is 29.6 Å². The Bertz CT molecular complexity index is 1110. The fourth-order valence-electron chi connectivity index (χ4n) is 3.66. The molecule has 1 aliphatic heterocycles. The number of benzene rings is 1. The summed E-state index contributed by atoms with van der Waals surface area (Å²) in [5.41, 5.74) is 3.58. The first kappa shape index (κ1) is 21.9. The lowest BCUT2D eigenvalue weighted by atomic mass is 10.0. The van der Waals surface area contributed by atoms with Gasteiger partial charge in [-0.05, 0) is 83.1 Å². The van der Waals surface area contributed by atoms with E-state index in [9.17, 15) is 4.79 Å². The molecule has 1 aliphatic rings. The molecule has 0 spiro atoms. The first-order valence-electron chi connectivity index (χ1n) is 9.63. The van der Waals surface area contributed by atoms with Crippen molar-refractivity contribution >= 4 is 61.9 Å². The number of anilines is 2. The summed E-state index contributed by atoms with van der Waals surface area (Å²) in [5.74, 6) is -0.187. The van der Waals surface area contributed by atoms with Crippen LogP contribution in [0.15, 0.2) is 58.5 Å². The summed E-state index contributed by atoms with van der Waals surface area (Å²) in [7, 11) is 1.50. The second-order valence-corrected chi connectivity index (χ2v) is 10.0. The fraction of sp³-hybridized carbons (Fsp3) is 0.227. The lowest BCUT2D eigenvalue weighted by Crippen LogP contribution is -2.29. The van der Waals surface area contributed by atoms with Gasteiger partial charge in [-0.25, -0.2) is 0 Å². The molecule has 160 valence electrons. The first-order chi connectivity index (χ1) is 15.0. The van der Waals surface area contributed by atoms with Crippen LogP contribution in [0.3, 0.4) is 0 Å². The minimum Gasteiger partial charge on any atom is -0.375 e. The molecule has 6 nitrogen and oxygen atoms in total. The minimum atomic E-state index is -0.187. The van der Waals surface area contributed by atoms with E-state index < -0.39 is 0 Å². The van der Waals surface area contributed by atoms with Crippen molar-refractivity contribution in [2.24, 2.45) is 0 Å². The van der Waals surface area contributed by atoms with Gasteiger partial charge >= 0.3 is 0 Å². The lowest BCUT2D eigenvalue weighted by Gasteiger charge is -2.27. The maximum absolute atomic E-state index is 11.9. The number of amides is 1. The number of thiocarbonyl (C=S) groups is 1. The van der Waals surface area contributed by atoms with Crippen LogP contribution in [0.4, 0.5) is 11.4 Å². The van der Waals surface area contributed by atoms with Crippen molar-refractivity contribution in [3.8, 4) is 0 Å². The van der Waals surface area contributed by atoms with Gasteiger partial charge in [-0.2, -0.15) is 0 Å². The summed E-state index contributed by atoms with van der Waals surface area (Å²) in [6.45, 7) is 1.98. The van der Waals surface area contributed by atoms with E-state index in [4.69, 9.17) is 17.0 Å². The number of aryl methyl sites for hydroxylation is 1. The van der Waals surface area contributed by atoms with E-state index in [1.54, 1.807) is 17.5 Å². The van der Waals surface area contributed by atoms with Gasteiger partial charge in [0.25, 0.3) is 0 Å². The normalized spacial score (nSPS) is 18.2. The number of halogens is 1. The number of carbonyl (C=O) groups is 1. The molecule has 1 amide bonds. The van der Waals surface area contributed by atoms with Crippen LogP contribution in [0.25, 0.3) is 0 Å². The van der Waals surface area contributed by atoms with Gasteiger partial charge in [0.2, 0.25) is 5.91 Å². The van der Waals surface area contributed by atoms with E-state index in [1.807, 2.05) is 43.3 Å². The third-order valence-corrected chi connectivity index (χ3v) is 7.03. The standard InChI is InChI=1S/C22H21BrN4O2S2/c1-13-11-14(6-7-15(13)25-19(28)12-29-2)27-21(17-8-9-18(23)31-17)20(26-22(27)30)16-5-3-4-10-24-16/h3-11,20-21H,12H2,1-2H3,(H,25,28)(H,26,30)/t20-,21-/m0/s1. The van der Waals surface area contributed by atoms with Crippen LogP contribution >= 0.6 is 39.5 Å². The smallest absolute Gasteiger partial charge is 0.250 e. The second-order valence-electron chi connectivity index (χ2n) is 7.12. The highest BCUT2D eigenvalue weighted by Gasteiger charge is 2.41. The van der Waals surface area contributed by atoms with Gasteiger partial charge in [0.05, 0.1) is 21.6 Å². The van der Waals surface area contributed by atoms with Gasteiger partial charge in [-0.3, -0.25) is 9.78 Å². The SMILES string of the molecule is COCC(=O)Nc1ccc(N2C(=S)N[C@@H](c3ccccn3)[C@@H]2c2ccc(Br)s2)cc1C. The van der Waals surface area contributed by atoms with Crippen molar-refractivity contribution in [1.82, 2.24) is 10.3 Å². The van der Waals surface area contributed by atoms with Gasteiger partial charge in [-0.15, -0.1) is 11.3 Å². The number of aromatic nitrogens is 1. The van der Waals surface area contributed by atoms with Crippen molar-refractivity contribution in [1.29, 1.82) is 0 Å². The van der Waals surface area contributed by atoms with Gasteiger partial charge < -0.3 is 20.3 Å². The molecule has 4 rings (SSSR count). The molecule has 1 aromatic carbocycles. The predicted octanol–water partition coefficient (Wildman–Crippen LogP) is 4.98. The third-order valence-electron chi connectivity index (χ3n) is 5.02. The summed E-state index contributed by atoms with van der Waals surface area (Å²) in [4.78, 5) is 19.8. The summed E-state index contributed by atoms with van der Waals surface area (Å²) < 4.78 is 5.96. The highest BCUT2D eigenvalue weighted by molar-refractivity contribution is 9.11. The second kappa shape index (κ2) is 9.44. The van der Waals surface area contributed by atoms with E-state index in [0.29, 0.717) is 5.11 Å². The third kappa shape index (κ3) is 4.64. The molecule has 31 heavy (non-hydrogen) atoms. The maximum Gasteiger partial charge on any atom is 0.250 e. The zero-order valence-corrected chi connectivity index (χ0v) is 20.2. The number of pyridine rings is 1. The van der Waals surface area contributed by atoms with Crippen molar-refractivity contribution in [2.75, 3.05) is 23.9 Å². The van der Waals surface area contributed by atoms with Crippen LogP contribution in [0.1, 0.15) is 28.2 Å². The summed E-state index contributed by atoms with van der Waals surface area (Å²) in [5, 5.41) is 6.98. The van der Waals surface area contributed by atoms with E-state index in [2.05, 4.69) is 48.6 Å². The number of hydrogen-bond donors (Lipinski definition) is 2. The highest BCUT2D eigenvalue weighted by Crippen LogP contribution is 2.44. The van der Waals surface area contributed by atoms with Crippen molar-refractivity contribution in [3.05, 3.63) is 74.6 Å². The topological polar surface area (TPSA) is 66.5 Å². The Morgan fingerprint density at radius 2 is 2.16 bits per heavy atom. The Hall–Kier alpha value is -2.33. The molecule has 3 heterocycles. The Morgan fingerprint density at radius 1 is 1.32 bits per heavy atom. The van der Waals surface area contributed by atoms with E-state index >= 15 is 0 Å². The number of methoxy groups -OCH3 is 1. The highest BCUT2D eigenvalue weighted by atomic mass is 79.9. The molecule has 0 aliphatic carbocycles. The number of nitrogens with one attached hydrogen (secondary N) is 2. The molecule has 2 atom stereocenters. The molecule has 0 saturated carbocycles. The number of nitrogens with zero attached hydrogens (tertiary/aromatic N) is 2. The van der Waals surface area contributed by atoms with Crippen LogP contribution in [0, 0.1) is 6.92 Å². The van der Waals surface area contributed by atoms with E-state index in [-0.39, 0.29) is 24.6 Å². The van der Waals surface area contributed by atoms with Crippen LogP contribution < -0.4 is 15.5 Å². The lowest BCUT2D eigenvalue weighted by molar-refractivity contribution is -0.119. The van der Waals surface area contributed by atoms with Crippen LogP contribution in [-0.2, 0) is 9.53 Å². The van der Waals surface area contributed by atoms with Crippen LogP contribution in [0.2, 0.25) is 0 Å². The summed E-state index contributed by atoms with van der Waals surface area (Å²) in [6, 6.07) is 15.8. The average molecular weight is 517 g/mol. The molecule has 0 radical (unpaired) electrons. The fourth-order valence-corrected chi connectivity index (χ4v) is 5.56. The molecule has 1 fully saturated rings. The number of hydrogen-bond acceptors (Lipinski definition) is 5. The molecular weight excluding hydrogens is 496 g/mol. The zero-order valence-electron chi connectivity index (χ0n) is 17.0. The molecule has 9 heteroatoms. The molecule has 3 aromatic rings. The number of rotatable bonds is 6. The Kier molecular flexibility index (Phi) is 6.66. The molecule has 1 saturated heterocycles. The van der Waals surface area contributed by atoms with Crippen molar-refractivity contribution in [2.45, 2.75) is 19.0 Å². The number of ether oxygens (including phenoxy) is 1. The molecule has 2 aromatic heterocycles. The molecule has 2 N–H and O–H groups in total. The van der Waals surface area contributed by atoms with Crippen LogP contribution in [-0.4, -0.2) is 29.7 Å². The molecule has 0 bridgehead atoms. The van der Waals surface area contributed by atoms with Crippen molar-refractivity contribution in [3.63, 3.8) is 0 Å². The van der Waals surface area contributed by atoms with E-state index in [0.717, 1.165) is 26.4 Å². The van der Waals surface area contributed by atoms with E-state index in [1.165, 1.54) is 12.0 Å². The Labute approximate surface area is 198 Å². The van der Waals surface area contributed by atoms with Crippen LogP contribution in [0.5, 0.6) is 0 Å². The number of carbonyl (C=O) groups excluding carboxylic acids is 1. The minimum absolute atomic E-state index is 0.0163. The predicted molar refractivity (Wildman–Crippen MR) is 132 cm³/mol. The quantitative estimate of drug-likeness (QED) is 0.450. The maximum atomic E-state index is 11.9. The van der Waals surface area contributed by atoms with Gasteiger partial charge in [-0.1, -0.05) is 6.07 Å². The van der Waals surface area contributed by atoms with Gasteiger partial charge in [0.1, 0.15) is 6.61 Å².